The minimum atomic E-state index is -3.59. The van der Waals surface area contributed by atoms with E-state index in [1.54, 1.807) is 13.8 Å². The van der Waals surface area contributed by atoms with Crippen molar-refractivity contribution in [3.8, 4) is 5.75 Å². The van der Waals surface area contributed by atoms with Crippen LogP contribution in [0.2, 0.25) is 0 Å². The largest absolute Gasteiger partial charge is 0.482 e. The summed E-state index contributed by atoms with van der Waals surface area (Å²) in [5.41, 5.74) is 0.352. The minimum absolute atomic E-state index is 0.116. The van der Waals surface area contributed by atoms with Gasteiger partial charge < -0.3 is 14.8 Å². The zero-order chi connectivity index (χ0) is 22.1. The van der Waals surface area contributed by atoms with Crippen molar-refractivity contribution in [2.45, 2.75) is 18.7 Å². The molecule has 30 heavy (non-hydrogen) atoms. The number of anilines is 1. The highest BCUT2D eigenvalue weighted by Crippen LogP contribution is 2.18. The van der Waals surface area contributed by atoms with Crippen LogP contribution < -0.4 is 10.1 Å². The molecule has 0 saturated carbocycles. The molecule has 0 unspecified atom stereocenters. The first kappa shape index (κ1) is 23.3. The number of benzene rings is 2. The average Bonchev–Trinajstić information content (AvgIpc) is 2.72. The maximum atomic E-state index is 13.0. The number of esters is 1. The number of rotatable bonds is 10. The van der Waals surface area contributed by atoms with Crippen molar-refractivity contribution in [3.05, 3.63) is 54.3 Å². The lowest BCUT2D eigenvalue weighted by atomic mass is 10.3. The number of amides is 1. The maximum absolute atomic E-state index is 13.0. The van der Waals surface area contributed by atoms with Crippen LogP contribution in [-0.4, -0.2) is 50.9 Å². The number of sulfonamides is 1. The molecule has 2 aromatic rings. The van der Waals surface area contributed by atoms with Gasteiger partial charge in [-0.2, -0.15) is 4.31 Å². The summed E-state index contributed by atoms with van der Waals surface area (Å²) in [6.45, 7) is 3.18. The lowest BCUT2D eigenvalue weighted by Crippen LogP contribution is -2.30. The molecular formula is C20H23FN2O6S. The molecule has 1 N–H and O–H groups in total. The molecular weight excluding hydrogens is 415 g/mol. The Kier molecular flexibility index (Phi) is 8.31. The molecule has 0 aliphatic rings. The highest BCUT2D eigenvalue weighted by molar-refractivity contribution is 7.89. The third kappa shape index (κ3) is 6.53. The van der Waals surface area contributed by atoms with E-state index in [1.807, 2.05) is 0 Å². The predicted molar refractivity (Wildman–Crippen MR) is 108 cm³/mol. The molecule has 2 rings (SSSR count). The fourth-order valence-corrected chi connectivity index (χ4v) is 3.96. The number of hydrogen-bond acceptors (Lipinski definition) is 6. The molecule has 0 aliphatic carbocycles. The van der Waals surface area contributed by atoms with Crippen molar-refractivity contribution in [1.82, 2.24) is 4.31 Å². The number of carbonyl (C=O) groups is 2. The molecule has 0 saturated heterocycles. The summed E-state index contributed by atoms with van der Waals surface area (Å²) in [4.78, 5) is 23.7. The summed E-state index contributed by atoms with van der Waals surface area (Å²) in [6, 6.07) is 10.9. The first-order valence-corrected chi connectivity index (χ1v) is 10.6. The molecule has 162 valence electrons. The van der Waals surface area contributed by atoms with Gasteiger partial charge in [0.15, 0.2) is 13.2 Å². The van der Waals surface area contributed by atoms with E-state index in [1.165, 1.54) is 46.8 Å². The van der Waals surface area contributed by atoms with Crippen LogP contribution in [0.25, 0.3) is 0 Å². The Balaban J connectivity index is 1.82. The van der Waals surface area contributed by atoms with Gasteiger partial charge in [0.1, 0.15) is 11.6 Å². The van der Waals surface area contributed by atoms with E-state index in [0.717, 1.165) is 6.07 Å². The van der Waals surface area contributed by atoms with Crippen LogP contribution in [0.4, 0.5) is 10.1 Å². The van der Waals surface area contributed by atoms with Gasteiger partial charge in [0, 0.05) is 24.8 Å². The van der Waals surface area contributed by atoms with Crippen molar-refractivity contribution < 1.29 is 31.9 Å². The second-order valence-electron chi connectivity index (χ2n) is 6.07. The Morgan fingerprint density at radius 1 is 1.03 bits per heavy atom. The highest BCUT2D eigenvalue weighted by atomic mass is 32.2. The first-order chi connectivity index (χ1) is 14.3. The maximum Gasteiger partial charge on any atom is 0.344 e. The van der Waals surface area contributed by atoms with E-state index < -0.39 is 40.9 Å². The predicted octanol–water partition coefficient (Wildman–Crippen LogP) is 2.42. The van der Waals surface area contributed by atoms with E-state index in [-0.39, 0.29) is 10.6 Å². The lowest BCUT2D eigenvalue weighted by molar-refractivity contribution is -0.149. The van der Waals surface area contributed by atoms with Crippen LogP contribution >= 0.6 is 0 Å². The average molecular weight is 438 g/mol. The fourth-order valence-electron chi connectivity index (χ4n) is 2.51. The van der Waals surface area contributed by atoms with Crippen LogP contribution in [0, 0.1) is 5.82 Å². The first-order valence-electron chi connectivity index (χ1n) is 9.20. The van der Waals surface area contributed by atoms with Gasteiger partial charge in [-0.25, -0.2) is 17.6 Å². The molecule has 8 nitrogen and oxygen atoms in total. The van der Waals surface area contributed by atoms with Gasteiger partial charge in [0.05, 0.1) is 4.90 Å². The Morgan fingerprint density at radius 3 is 2.30 bits per heavy atom. The zero-order valence-corrected chi connectivity index (χ0v) is 17.4. The van der Waals surface area contributed by atoms with E-state index in [4.69, 9.17) is 9.47 Å². The van der Waals surface area contributed by atoms with E-state index in [0.29, 0.717) is 18.8 Å². The van der Waals surface area contributed by atoms with Crippen LogP contribution in [0.1, 0.15) is 13.8 Å². The normalized spacial score (nSPS) is 11.2. The Morgan fingerprint density at radius 2 is 1.70 bits per heavy atom. The monoisotopic (exact) mass is 438 g/mol. The number of halogens is 1. The van der Waals surface area contributed by atoms with Gasteiger partial charge in [0.25, 0.3) is 5.91 Å². The zero-order valence-electron chi connectivity index (χ0n) is 16.6. The Labute approximate surface area is 174 Å². The summed E-state index contributed by atoms with van der Waals surface area (Å²) in [5.74, 6) is -1.74. The quantitative estimate of drug-likeness (QED) is 0.572. The van der Waals surface area contributed by atoms with Gasteiger partial charge in [0.2, 0.25) is 10.0 Å². The Hall–Kier alpha value is -2.98. The fraction of sp³-hybridized carbons (Fsp3) is 0.300. The van der Waals surface area contributed by atoms with Gasteiger partial charge in [-0.3, -0.25) is 4.79 Å². The SMILES string of the molecule is CCN(CC)S(=O)(=O)c1ccc(NC(=O)COC(=O)COc2cccc(F)c2)cc1. The molecule has 0 bridgehead atoms. The molecule has 0 aliphatic heterocycles. The van der Waals surface area contributed by atoms with Crippen LogP contribution in [0.5, 0.6) is 5.75 Å². The standard InChI is InChI=1S/C20H23FN2O6S/c1-3-23(4-2)30(26,27)18-10-8-16(9-11-18)22-19(24)13-29-20(25)14-28-17-7-5-6-15(21)12-17/h5-12H,3-4,13-14H2,1-2H3,(H,22,24). The van der Waals surface area contributed by atoms with Crippen LogP contribution in [-0.2, 0) is 24.3 Å². The number of ether oxygens (including phenoxy) is 2. The molecule has 0 fully saturated rings. The molecule has 2 aromatic carbocycles. The highest BCUT2D eigenvalue weighted by Gasteiger charge is 2.21. The molecule has 1 amide bonds. The minimum Gasteiger partial charge on any atom is -0.482 e. The van der Waals surface area contributed by atoms with Crippen molar-refractivity contribution in [2.75, 3.05) is 31.6 Å². The number of nitrogens with one attached hydrogen (secondary N) is 1. The van der Waals surface area contributed by atoms with Crippen LogP contribution in [0.3, 0.4) is 0 Å². The summed E-state index contributed by atoms with van der Waals surface area (Å²) >= 11 is 0. The molecule has 0 atom stereocenters. The van der Waals surface area contributed by atoms with Gasteiger partial charge in [-0.1, -0.05) is 19.9 Å². The molecule has 10 heteroatoms. The lowest BCUT2D eigenvalue weighted by Gasteiger charge is -2.18. The smallest absolute Gasteiger partial charge is 0.344 e. The second kappa shape index (κ2) is 10.7. The second-order valence-corrected chi connectivity index (χ2v) is 8.01. The topological polar surface area (TPSA) is 102 Å². The number of nitrogens with zero attached hydrogens (tertiary/aromatic N) is 1. The van der Waals surface area contributed by atoms with Gasteiger partial charge in [-0.05, 0) is 36.4 Å². The third-order valence-corrected chi connectivity index (χ3v) is 6.06. The third-order valence-electron chi connectivity index (χ3n) is 4.00. The summed E-state index contributed by atoms with van der Waals surface area (Å²) < 4.78 is 49.1. The number of hydrogen-bond donors (Lipinski definition) is 1. The van der Waals surface area contributed by atoms with Crippen LogP contribution in [0.15, 0.2) is 53.4 Å². The van der Waals surface area contributed by atoms with Crippen molar-refractivity contribution in [3.63, 3.8) is 0 Å². The van der Waals surface area contributed by atoms with Gasteiger partial charge >= 0.3 is 5.97 Å². The van der Waals surface area contributed by atoms with Crippen molar-refractivity contribution in [2.24, 2.45) is 0 Å². The molecule has 0 heterocycles. The molecule has 0 aromatic heterocycles. The summed E-state index contributed by atoms with van der Waals surface area (Å²) in [6.07, 6.45) is 0. The molecule has 0 spiro atoms. The Bertz CT molecular complexity index is 975. The van der Waals surface area contributed by atoms with E-state index >= 15 is 0 Å². The van der Waals surface area contributed by atoms with Gasteiger partial charge in [-0.15, -0.1) is 0 Å². The summed E-state index contributed by atoms with van der Waals surface area (Å²) in [5, 5.41) is 2.50. The summed E-state index contributed by atoms with van der Waals surface area (Å²) in [7, 11) is -3.59. The van der Waals surface area contributed by atoms with E-state index in [2.05, 4.69) is 5.32 Å². The van der Waals surface area contributed by atoms with Crippen molar-refractivity contribution >= 4 is 27.6 Å². The van der Waals surface area contributed by atoms with Crippen molar-refractivity contribution in [1.29, 1.82) is 0 Å². The number of carbonyl (C=O) groups excluding carboxylic acids is 2. The molecule has 0 radical (unpaired) electrons. The van der Waals surface area contributed by atoms with E-state index in [9.17, 15) is 22.4 Å².